The molecule has 3 rings (SSSR count). The normalized spacial score (nSPS) is 11.3. The zero-order valence-corrected chi connectivity index (χ0v) is 15.8. The van der Waals surface area contributed by atoms with Crippen LogP contribution in [0, 0.1) is 6.92 Å². The number of esters is 1. The third-order valence-corrected chi connectivity index (χ3v) is 4.29. The van der Waals surface area contributed by atoms with Gasteiger partial charge in [0.05, 0.1) is 5.56 Å². The maximum Gasteiger partial charge on any atom is 0.339 e. The molecule has 0 spiro atoms. The molecule has 0 aliphatic heterocycles. The minimum Gasteiger partial charge on any atom is -0.444 e. The lowest BCUT2D eigenvalue weighted by molar-refractivity contribution is -0.125. The Morgan fingerprint density at radius 2 is 1.41 bits per heavy atom. The third kappa shape index (κ3) is 5.07. The molecule has 0 radical (unpaired) electrons. The first-order valence-corrected chi connectivity index (χ1v) is 8.97. The molecule has 3 N–H and O–H groups in total. The molecule has 0 saturated carbocycles. The third-order valence-electron chi connectivity index (χ3n) is 4.29. The highest BCUT2D eigenvalue weighted by molar-refractivity contribution is 5.99. The maximum absolute atomic E-state index is 12.9. The number of rotatable bonds is 6. The minimum atomic E-state index is -1.14. The smallest absolute Gasteiger partial charge is 0.339 e. The molecule has 0 bridgehead atoms. The summed E-state index contributed by atoms with van der Waals surface area (Å²) in [5.41, 5.74) is 7.90. The van der Waals surface area contributed by atoms with E-state index in [-0.39, 0.29) is 11.1 Å². The molecule has 0 heterocycles. The Hall–Kier alpha value is -3.93. The fraction of sp³-hybridized carbons (Fsp3) is 0.0870. The van der Waals surface area contributed by atoms with Gasteiger partial charge in [0.25, 0.3) is 5.91 Å². The van der Waals surface area contributed by atoms with Gasteiger partial charge in [-0.05, 0) is 43.3 Å². The SMILES string of the molecule is Cc1ccc(NC(=O)C(OC(=O)c2ccc(C(N)=O)cc2)c2ccccc2)cc1. The topological polar surface area (TPSA) is 98.5 Å². The van der Waals surface area contributed by atoms with E-state index in [4.69, 9.17) is 10.5 Å². The van der Waals surface area contributed by atoms with Crippen LogP contribution in [-0.4, -0.2) is 17.8 Å². The van der Waals surface area contributed by atoms with Crippen LogP contribution in [0.15, 0.2) is 78.9 Å². The summed E-state index contributed by atoms with van der Waals surface area (Å²) in [5.74, 6) is -1.75. The van der Waals surface area contributed by atoms with E-state index in [0.717, 1.165) is 5.56 Å². The second-order valence-corrected chi connectivity index (χ2v) is 6.49. The average molecular weight is 388 g/mol. The van der Waals surface area contributed by atoms with E-state index < -0.39 is 23.9 Å². The van der Waals surface area contributed by atoms with Crippen molar-refractivity contribution in [3.05, 3.63) is 101 Å². The summed E-state index contributed by atoms with van der Waals surface area (Å²) < 4.78 is 5.51. The number of anilines is 1. The molecular formula is C23H20N2O4. The molecule has 6 heteroatoms. The standard InChI is InChI=1S/C23H20N2O4/c1-15-7-13-19(14-8-15)25-22(27)20(16-5-3-2-4-6-16)29-23(28)18-11-9-17(10-12-18)21(24)26/h2-14,20H,1H3,(H2,24,26)(H,25,27). The van der Waals surface area contributed by atoms with Crippen molar-refractivity contribution in [1.29, 1.82) is 0 Å². The largest absolute Gasteiger partial charge is 0.444 e. The van der Waals surface area contributed by atoms with Crippen molar-refractivity contribution in [3.8, 4) is 0 Å². The molecule has 146 valence electrons. The van der Waals surface area contributed by atoms with E-state index in [9.17, 15) is 14.4 Å². The summed E-state index contributed by atoms with van der Waals surface area (Å²) in [7, 11) is 0. The molecule has 1 unspecified atom stereocenters. The van der Waals surface area contributed by atoms with E-state index in [2.05, 4.69) is 5.32 Å². The lowest BCUT2D eigenvalue weighted by Crippen LogP contribution is -2.26. The van der Waals surface area contributed by atoms with E-state index >= 15 is 0 Å². The quantitative estimate of drug-likeness (QED) is 0.630. The van der Waals surface area contributed by atoms with E-state index in [1.807, 2.05) is 25.1 Å². The molecule has 6 nitrogen and oxygen atoms in total. The summed E-state index contributed by atoms with van der Waals surface area (Å²) in [6.07, 6.45) is -1.14. The Labute approximate surface area is 168 Å². The van der Waals surface area contributed by atoms with Gasteiger partial charge in [0.15, 0.2) is 0 Å². The summed E-state index contributed by atoms with van der Waals surface area (Å²) in [4.78, 5) is 36.6. The van der Waals surface area contributed by atoms with E-state index in [1.165, 1.54) is 24.3 Å². The number of primary amides is 1. The molecule has 1 atom stereocenters. The molecule has 0 aliphatic rings. The van der Waals surface area contributed by atoms with Gasteiger partial charge in [-0.25, -0.2) is 4.79 Å². The van der Waals surface area contributed by atoms with E-state index in [1.54, 1.807) is 36.4 Å². The maximum atomic E-state index is 12.9. The number of hydrogen-bond acceptors (Lipinski definition) is 4. The number of hydrogen-bond donors (Lipinski definition) is 2. The Kier molecular flexibility index (Phi) is 6.04. The molecular weight excluding hydrogens is 368 g/mol. The Bertz CT molecular complexity index is 1010. The highest BCUT2D eigenvalue weighted by Crippen LogP contribution is 2.22. The molecule has 0 fully saturated rings. The van der Waals surface area contributed by atoms with E-state index in [0.29, 0.717) is 11.3 Å². The number of nitrogens with two attached hydrogens (primary N) is 1. The van der Waals surface area contributed by atoms with Crippen LogP contribution in [0.25, 0.3) is 0 Å². The highest BCUT2D eigenvalue weighted by Gasteiger charge is 2.26. The molecule has 2 amide bonds. The van der Waals surface area contributed by atoms with Crippen LogP contribution < -0.4 is 11.1 Å². The van der Waals surface area contributed by atoms with Gasteiger partial charge in [-0.1, -0.05) is 48.0 Å². The van der Waals surface area contributed by atoms with Crippen molar-refractivity contribution in [2.75, 3.05) is 5.32 Å². The highest BCUT2D eigenvalue weighted by atomic mass is 16.5. The summed E-state index contributed by atoms with van der Waals surface area (Å²) in [6.45, 7) is 1.95. The van der Waals surface area contributed by atoms with Crippen LogP contribution in [-0.2, 0) is 9.53 Å². The second-order valence-electron chi connectivity index (χ2n) is 6.49. The van der Waals surface area contributed by atoms with Crippen LogP contribution in [0.3, 0.4) is 0 Å². The number of nitrogens with one attached hydrogen (secondary N) is 1. The van der Waals surface area contributed by atoms with Gasteiger partial charge < -0.3 is 15.8 Å². The van der Waals surface area contributed by atoms with Crippen LogP contribution in [0.4, 0.5) is 5.69 Å². The van der Waals surface area contributed by atoms with Gasteiger partial charge in [0, 0.05) is 16.8 Å². The van der Waals surface area contributed by atoms with Crippen molar-refractivity contribution in [2.45, 2.75) is 13.0 Å². The molecule has 3 aromatic rings. The first-order chi connectivity index (χ1) is 13.9. The summed E-state index contributed by atoms with van der Waals surface area (Å²) >= 11 is 0. The number of aryl methyl sites for hydroxylation is 1. The van der Waals surface area contributed by atoms with Crippen molar-refractivity contribution in [1.82, 2.24) is 0 Å². The predicted octanol–water partition coefficient (Wildman–Crippen LogP) is 3.63. The first kappa shape index (κ1) is 19.8. The fourth-order valence-corrected chi connectivity index (χ4v) is 2.69. The summed E-state index contributed by atoms with van der Waals surface area (Å²) in [5, 5.41) is 2.77. The van der Waals surface area contributed by atoms with Gasteiger partial charge in [-0.2, -0.15) is 0 Å². The van der Waals surface area contributed by atoms with Gasteiger partial charge in [0.1, 0.15) is 0 Å². The number of carbonyl (C=O) groups is 3. The van der Waals surface area contributed by atoms with Crippen LogP contribution >= 0.6 is 0 Å². The molecule has 0 aliphatic carbocycles. The lowest BCUT2D eigenvalue weighted by atomic mass is 10.1. The van der Waals surface area contributed by atoms with Crippen LogP contribution in [0.2, 0.25) is 0 Å². The Balaban J connectivity index is 1.81. The van der Waals surface area contributed by atoms with Crippen LogP contribution in [0.5, 0.6) is 0 Å². The number of carbonyl (C=O) groups excluding carboxylic acids is 3. The average Bonchev–Trinajstić information content (AvgIpc) is 2.74. The summed E-state index contributed by atoms with van der Waals surface area (Å²) in [6, 6.07) is 21.8. The molecule has 0 aromatic heterocycles. The molecule has 3 aromatic carbocycles. The van der Waals surface area contributed by atoms with Crippen molar-refractivity contribution in [2.24, 2.45) is 5.73 Å². The number of amides is 2. The van der Waals surface area contributed by atoms with Crippen molar-refractivity contribution in [3.63, 3.8) is 0 Å². The Morgan fingerprint density at radius 3 is 2.00 bits per heavy atom. The Morgan fingerprint density at radius 1 is 0.828 bits per heavy atom. The van der Waals surface area contributed by atoms with Gasteiger partial charge in [0.2, 0.25) is 12.0 Å². The molecule has 0 saturated heterocycles. The predicted molar refractivity (Wildman–Crippen MR) is 109 cm³/mol. The first-order valence-electron chi connectivity index (χ1n) is 8.97. The molecule has 29 heavy (non-hydrogen) atoms. The fourth-order valence-electron chi connectivity index (χ4n) is 2.69. The van der Waals surface area contributed by atoms with Crippen molar-refractivity contribution >= 4 is 23.5 Å². The van der Waals surface area contributed by atoms with Gasteiger partial charge in [-0.3, -0.25) is 9.59 Å². The number of ether oxygens (including phenoxy) is 1. The second kappa shape index (κ2) is 8.84. The zero-order chi connectivity index (χ0) is 20.8. The number of benzene rings is 3. The lowest BCUT2D eigenvalue weighted by Gasteiger charge is -2.18. The van der Waals surface area contributed by atoms with Crippen molar-refractivity contribution < 1.29 is 19.1 Å². The monoisotopic (exact) mass is 388 g/mol. The van der Waals surface area contributed by atoms with Crippen LogP contribution in [0.1, 0.15) is 37.9 Å². The van der Waals surface area contributed by atoms with Gasteiger partial charge >= 0.3 is 5.97 Å². The van der Waals surface area contributed by atoms with Gasteiger partial charge in [-0.15, -0.1) is 0 Å². The zero-order valence-electron chi connectivity index (χ0n) is 15.8. The minimum absolute atomic E-state index is 0.207.